The van der Waals surface area contributed by atoms with Gasteiger partial charge in [0.2, 0.25) is 0 Å². The van der Waals surface area contributed by atoms with Gasteiger partial charge < -0.3 is 15.4 Å². The number of carbonyl (C=O) groups is 3. The Hall–Kier alpha value is -4.72. The van der Waals surface area contributed by atoms with Crippen LogP contribution in [0.5, 0.6) is 0 Å². The van der Waals surface area contributed by atoms with E-state index in [4.69, 9.17) is 9.84 Å². The Labute approximate surface area is 221 Å². The molecule has 0 saturated heterocycles. The highest BCUT2D eigenvalue weighted by molar-refractivity contribution is 5.97. The van der Waals surface area contributed by atoms with Crippen molar-refractivity contribution in [1.82, 2.24) is 15.1 Å². The molecule has 4 rings (SSSR count). The van der Waals surface area contributed by atoms with Gasteiger partial charge in [-0.25, -0.2) is 9.48 Å². The van der Waals surface area contributed by atoms with E-state index >= 15 is 0 Å². The summed E-state index contributed by atoms with van der Waals surface area (Å²) < 4.78 is 6.81. The van der Waals surface area contributed by atoms with Crippen molar-refractivity contribution in [3.05, 3.63) is 101 Å². The molecule has 8 nitrogen and oxygen atoms in total. The van der Waals surface area contributed by atoms with Crippen molar-refractivity contribution in [1.29, 1.82) is 0 Å². The molecule has 0 fully saturated rings. The fraction of sp³-hybridized carbons (Fsp3) is 0.200. The molecule has 1 aromatic heterocycles. The van der Waals surface area contributed by atoms with Crippen molar-refractivity contribution >= 4 is 23.6 Å². The Morgan fingerprint density at radius 3 is 2.18 bits per heavy atom. The van der Waals surface area contributed by atoms with Gasteiger partial charge in [0.05, 0.1) is 11.4 Å². The maximum atomic E-state index is 12.8. The van der Waals surface area contributed by atoms with Gasteiger partial charge in [0.15, 0.2) is 6.61 Å². The fourth-order valence-corrected chi connectivity index (χ4v) is 3.97. The summed E-state index contributed by atoms with van der Waals surface area (Å²) in [7, 11) is 0. The van der Waals surface area contributed by atoms with E-state index in [1.54, 1.807) is 41.1 Å². The summed E-state index contributed by atoms with van der Waals surface area (Å²) in [5.74, 6) is -1.21. The Bertz CT molecular complexity index is 1460. The molecule has 8 heteroatoms. The van der Waals surface area contributed by atoms with Crippen LogP contribution in [0.2, 0.25) is 0 Å². The number of aromatic nitrogens is 2. The Balaban J connectivity index is 1.47. The van der Waals surface area contributed by atoms with Gasteiger partial charge >= 0.3 is 5.97 Å². The molecule has 4 aromatic rings. The first-order valence-electron chi connectivity index (χ1n) is 12.3. The second kappa shape index (κ2) is 11.6. The molecule has 0 unspecified atom stereocenters. The summed E-state index contributed by atoms with van der Waals surface area (Å²) in [6.07, 6.45) is 0. The van der Waals surface area contributed by atoms with E-state index in [0.717, 1.165) is 22.4 Å². The van der Waals surface area contributed by atoms with Crippen LogP contribution in [0.15, 0.2) is 78.9 Å². The van der Waals surface area contributed by atoms with Crippen molar-refractivity contribution in [3.63, 3.8) is 0 Å². The number of carbonyl (C=O) groups excluding carboxylic acids is 3. The maximum Gasteiger partial charge on any atom is 0.328 e. The molecule has 0 aliphatic heterocycles. The predicted molar refractivity (Wildman–Crippen MR) is 146 cm³/mol. The molecule has 38 heavy (non-hydrogen) atoms. The molecule has 0 bridgehead atoms. The zero-order chi connectivity index (χ0) is 27.2. The number of benzene rings is 3. The van der Waals surface area contributed by atoms with Crippen LogP contribution in [0.4, 0.5) is 5.82 Å². The lowest BCUT2D eigenvalue weighted by atomic mass is 9.99. The number of rotatable bonds is 8. The zero-order valence-corrected chi connectivity index (χ0v) is 21.8. The van der Waals surface area contributed by atoms with Crippen molar-refractivity contribution in [3.8, 4) is 16.9 Å². The molecular formula is C30H30N4O4. The second-order valence-electron chi connectivity index (χ2n) is 9.13. The van der Waals surface area contributed by atoms with Crippen molar-refractivity contribution in [2.45, 2.75) is 33.7 Å². The van der Waals surface area contributed by atoms with Crippen LogP contribution < -0.4 is 10.6 Å². The van der Waals surface area contributed by atoms with Crippen molar-refractivity contribution in [2.24, 2.45) is 0 Å². The van der Waals surface area contributed by atoms with Gasteiger partial charge in [-0.05, 0) is 74.7 Å². The Kier molecular flexibility index (Phi) is 8.01. The van der Waals surface area contributed by atoms with Crippen LogP contribution in [0, 0.1) is 20.8 Å². The van der Waals surface area contributed by atoms with Gasteiger partial charge in [0.1, 0.15) is 11.9 Å². The highest BCUT2D eigenvalue weighted by atomic mass is 16.5. The van der Waals surface area contributed by atoms with E-state index in [1.165, 1.54) is 12.5 Å². The van der Waals surface area contributed by atoms with E-state index in [-0.39, 0.29) is 0 Å². The van der Waals surface area contributed by atoms with Crippen LogP contribution in [0.25, 0.3) is 16.9 Å². The van der Waals surface area contributed by atoms with Gasteiger partial charge in [0.25, 0.3) is 11.8 Å². The topological polar surface area (TPSA) is 102 Å². The van der Waals surface area contributed by atoms with Gasteiger partial charge in [-0.2, -0.15) is 5.10 Å². The summed E-state index contributed by atoms with van der Waals surface area (Å²) in [6, 6.07) is 23.1. The van der Waals surface area contributed by atoms with E-state index in [0.29, 0.717) is 17.1 Å². The molecular weight excluding hydrogens is 480 g/mol. The average molecular weight is 511 g/mol. The van der Waals surface area contributed by atoms with E-state index in [9.17, 15) is 14.4 Å². The molecule has 0 radical (unpaired) electrons. The zero-order valence-electron chi connectivity index (χ0n) is 21.8. The van der Waals surface area contributed by atoms with E-state index in [1.807, 2.05) is 44.2 Å². The molecule has 2 amide bonds. The second-order valence-corrected chi connectivity index (χ2v) is 9.13. The van der Waals surface area contributed by atoms with Gasteiger partial charge in [0, 0.05) is 17.2 Å². The fourth-order valence-electron chi connectivity index (χ4n) is 3.97. The number of para-hydroxylation sites is 1. The van der Waals surface area contributed by atoms with E-state index < -0.39 is 30.4 Å². The number of nitrogens with zero attached hydrogens (tertiary/aromatic N) is 2. The quantitative estimate of drug-likeness (QED) is 0.333. The van der Waals surface area contributed by atoms with Crippen LogP contribution in [0.1, 0.15) is 34.0 Å². The number of hydrogen-bond acceptors (Lipinski definition) is 5. The number of esters is 1. The SMILES string of the molecule is Cc1cc(C)c(-c2cc(NC(=O)COC(=O)[C@@H](C)NC(=O)c3ccccc3)n(-c3ccccc3)n2)cc1C. The highest BCUT2D eigenvalue weighted by Gasteiger charge is 2.20. The predicted octanol–water partition coefficient (Wildman–Crippen LogP) is 4.76. The smallest absolute Gasteiger partial charge is 0.328 e. The lowest BCUT2D eigenvalue weighted by molar-refractivity contribution is -0.148. The Morgan fingerprint density at radius 2 is 1.50 bits per heavy atom. The van der Waals surface area contributed by atoms with Gasteiger partial charge in [-0.3, -0.25) is 9.59 Å². The molecule has 0 saturated carbocycles. The minimum absolute atomic E-state index is 0.402. The summed E-state index contributed by atoms with van der Waals surface area (Å²) >= 11 is 0. The standard InChI is InChI=1S/C30H30N4O4/c1-19-15-21(3)25(16-20(19)2)26-17-27(34(33-26)24-13-9-6-10-14-24)32-28(35)18-38-30(37)22(4)31-29(36)23-11-7-5-8-12-23/h5-17,22H,18H2,1-4H3,(H,31,36)(H,32,35)/t22-/m1/s1. The monoisotopic (exact) mass is 510 g/mol. The third-order valence-corrected chi connectivity index (χ3v) is 6.18. The van der Waals surface area contributed by atoms with Gasteiger partial charge in [-0.1, -0.05) is 42.5 Å². The Morgan fingerprint density at radius 1 is 0.868 bits per heavy atom. The lowest BCUT2D eigenvalue weighted by Gasteiger charge is -2.13. The summed E-state index contributed by atoms with van der Waals surface area (Å²) in [4.78, 5) is 37.5. The number of ether oxygens (including phenoxy) is 1. The first kappa shape index (κ1) is 26.3. The maximum absolute atomic E-state index is 12.8. The number of nitrogens with one attached hydrogen (secondary N) is 2. The first-order valence-corrected chi connectivity index (χ1v) is 12.3. The molecule has 2 N–H and O–H groups in total. The molecule has 0 spiro atoms. The molecule has 194 valence electrons. The van der Waals surface area contributed by atoms with Crippen molar-refractivity contribution in [2.75, 3.05) is 11.9 Å². The molecule has 3 aromatic carbocycles. The largest absolute Gasteiger partial charge is 0.454 e. The number of amides is 2. The molecule has 1 heterocycles. The normalized spacial score (nSPS) is 11.5. The highest BCUT2D eigenvalue weighted by Crippen LogP contribution is 2.29. The summed E-state index contributed by atoms with van der Waals surface area (Å²) in [5, 5.41) is 10.1. The average Bonchev–Trinajstić information content (AvgIpc) is 3.33. The number of anilines is 1. The molecule has 1 atom stereocenters. The summed E-state index contributed by atoms with van der Waals surface area (Å²) in [5.41, 5.74) is 6.28. The minimum atomic E-state index is -0.926. The lowest BCUT2D eigenvalue weighted by Crippen LogP contribution is -2.40. The molecule has 0 aliphatic rings. The van der Waals surface area contributed by atoms with Gasteiger partial charge in [-0.15, -0.1) is 0 Å². The van der Waals surface area contributed by atoms with Crippen LogP contribution in [-0.2, 0) is 14.3 Å². The first-order chi connectivity index (χ1) is 18.2. The summed E-state index contributed by atoms with van der Waals surface area (Å²) in [6.45, 7) is 7.13. The van der Waals surface area contributed by atoms with Crippen molar-refractivity contribution < 1.29 is 19.1 Å². The number of aryl methyl sites for hydroxylation is 3. The molecule has 0 aliphatic carbocycles. The minimum Gasteiger partial charge on any atom is -0.454 e. The number of hydrogen-bond donors (Lipinski definition) is 2. The van der Waals surface area contributed by atoms with Crippen LogP contribution >= 0.6 is 0 Å². The van der Waals surface area contributed by atoms with E-state index in [2.05, 4.69) is 29.7 Å². The van der Waals surface area contributed by atoms with Crippen LogP contribution in [-0.4, -0.2) is 40.2 Å². The third kappa shape index (κ3) is 6.15. The van der Waals surface area contributed by atoms with Crippen LogP contribution in [0.3, 0.4) is 0 Å². The third-order valence-electron chi connectivity index (χ3n) is 6.18.